The van der Waals surface area contributed by atoms with E-state index in [-0.39, 0.29) is 16.5 Å². The van der Waals surface area contributed by atoms with Crippen LogP contribution in [0.1, 0.15) is 47.2 Å². The van der Waals surface area contributed by atoms with Crippen LogP contribution in [0.2, 0.25) is 0 Å². The van der Waals surface area contributed by atoms with Gasteiger partial charge in [-0.25, -0.2) is 9.78 Å². The molecule has 3 rings (SSSR count). The summed E-state index contributed by atoms with van der Waals surface area (Å²) in [6.07, 6.45) is 1.92. The van der Waals surface area contributed by atoms with Crippen molar-refractivity contribution >= 4 is 28.9 Å². The first-order valence-electron chi connectivity index (χ1n) is 9.56. The van der Waals surface area contributed by atoms with Gasteiger partial charge >= 0.3 is 5.97 Å². The fourth-order valence-electron chi connectivity index (χ4n) is 2.81. The number of methoxy groups -OCH3 is 1. The molecular formula is C22H23N3O6. The number of esters is 1. The molecule has 0 aliphatic carbocycles. The number of carbonyl (C=O) groups excluding carboxylic acids is 3. The molecule has 0 saturated heterocycles. The fraction of sp³-hybridized carbons (Fsp3) is 0.318. The smallest absolute Gasteiger partial charge is 0.340 e. The van der Waals surface area contributed by atoms with Gasteiger partial charge < -0.3 is 14.0 Å². The van der Waals surface area contributed by atoms with E-state index in [9.17, 15) is 14.4 Å². The van der Waals surface area contributed by atoms with Gasteiger partial charge in [0, 0.05) is 11.8 Å². The van der Waals surface area contributed by atoms with Gasteiger partial charge in [-0.05, 0) is 42.2 Å². The van der Waals surface area contributed by atoms with Crippen LogP contribution in [0.4, 0.5) is 0 Å². The molecule has 1 aromatic carbocycles. The van der Waals surface area contributed by atoms with Gasteiger partial charge in [0.25, 0.3) is 17.5 Å². The number of rotatable bonds is 6. The number of imide groups is 1. The summed E-state index contributed by atoms with van der Waals surface area (Å²) in [6.45, 7) is 5.57. The van der Waals surface area contributed by atoms with Gasteiger partial charge in [0.05, 0.1) is 23.8 Å². The number of carbonyl (C=O) groups is 3. The molecule has 0 unspecified atom stereocenters. The topological polar surface area (TPSA) is 121 Å². The van der Waals surface area contributed by atoms with E-state index in [0.717, 1.165) is 0 Å². The van der Waals surface area contributed by atoms with Gasteiger partial charge in [-0.2, -0.15) is 0 Å². The van der Waals surface area contributed by atoms with Gasteiger partial charge in [0.1, 0.15) is 5.75 Å². The van der Waals surface area contributed by atoms with Crippen molar-refractivity contribution in [3.63, 3.8) is 0 Å². The second-order valence-electron chi connectivity index (χ2n) is 8.13. The summed E-state index contributed by atoms with van der Waals surface area (Å²) in [5.41, 5.74) is 1.40. The summed E-state index contributed by atoms with van der Waals surface area (Å²) < 4.78 is 15.2. The van der Waals surface area contributed by atoms with Gasteiger partial charge in [-0.3, -0.25) is 14.9 Å². The van der Waals surface area contributed by atoms with Crippen LogP contribution >= 0.6 is 0 Å². The Labute approximate surface area is 178 Å². The molecular weight excluding hydrogens is 402 g/mol. The third-order valence-electron chi connectivity index (χ3n) is 4.28. The Morgan fingerprint density at radius 3 is 2.45 bits per heavy atom. The van der Waals surface area contributed by atoms with Crippen LogP contribution < -0.4 is 10.1 Å². The zero-order valence-corrected chi connectivity index (χ0v) is 17.7. The largest absolute Gasteiger partial charge is 0.497 e. The molecule has 9 heteroatoms. The van der Waals surface area contributed by atoms with Crippen molar-refractivity contribution in [2.24, 2.45) is 5.41 Å². The quantitative estimate of drug-likeness (QED) is 0.599. The SMILES string of the molecule is COc1ccc(C(=O)NC(=O)COC(=O)c2cnc3onc(CC(C)(C)C)c3c2)cc1. The van der Waals surface area contributed by atoms with E-state index in [1.807, 2.05) is 0 Å². The number of benzene rings is 1. The lowest BCUT2D eigenvalue weighted by Crippen LogP contribution is -2.34. The highest BCUT2D eigenvalue weighted by Gasteiger charge is 2.20. The summed E-state index contributed by atoms with van der Waals surface area (Å²) in [6, 6.07) is 7.80. The van der Waals surface area contributed by atoms with Crippen molar-refractivity contribution in [1.29, 1.82) is 0 Å². The number of aromatic nitrogens is 2. The van der Waals surface area contributed by atoms with Gasteiger partial charge in [0.15, 0.2) is 6.61 Å². The van der Waals surface area contributed by atoms with E-state index in [2.05, 4.69) is 36.2 Å². The Morgan fingerprint density at radius 1 is 1.10 bits per heavy atom. The lowest BCUT2D eigenvalue weighted by molar-refractivity contribution is -0.123. The molecule has 0 bridgehead atoms. The number of hydrogen-bond acceptors (Lipinski definition) is 8. The first-order chi connectivity index (χ1) is 14.7. The molecule has 0 radical (unpaired) electrons. The van der Waals surface area contributed by atoms with E-state index >= 15 is 0 Å². The molecule has 1 N–H and O–H groups in total. The average molecular weight is 425 g/mol. The Balaban J connectivity index is 1.60. The van der Waals surface area contributed by atoms with Crippen molar-refractivity contribution in [2.75, 3.05) is 13.7 Å². The monoisotopic (exact) mass is 425 g/mol. The van der Waals surface area contributed by atoms with Crippen LogP contribution in [0.3, 0.4) is 0 Å². The van der Waals surface area contributed by atoms with Crippen LogP contribution in [0, 0.1) is 5.41 Å². The van der Waals surface area contributed by atoms with Crippen molar-refractivity contribution in [3.05, 3.63) is 53.3 Å². The minimum Gasteiger partial charge on any atom is -0.497 e. The molecule has 162 valence electrons. The Hall–Kier alpha value is -3.75. The standard InChI is InChI=1S/C22H23N3O6/c1-22(2,3)10-17-16-9-14(11-23-20(16)31-25-17)21(28)30-12-18(26)24-19(27)13-5-7-15(29-4)8-6-13/h5-9,11H,10,12H2,1-4H3,(H,24,26,27). The highest BCUT2D eigenvalue weighted by atomic mass is 16.5. The summed E-state index contributed by atoms with van der Waals surface area (Å²) in [7, 11) is 1.51. The number of nitrogens with one attached hydrogen (secondary N) is 1. The normalized spacial score (nSPS) is 11.2. The Kier molecular flexibility index (Phi) is 6.33. The van der Waals surface area contributed by atoms with Crippen molar-refractivity contribution in [2.45, 2.75) is 27.2 Å². The summed E-state index contributed by atoms with van der Waals surface area (Å²) >= 11 is 0. The number of ether oxygens (including phenoxy) is 2. The highest BCUT2D eigenvalue weighted by Crippen LogP contribution is 2.26. The minimum atomic E-state index is -0.749. The number of pyridine rings is 1. The maximum absolute atomic E-state index is 12.3. The number of amides is 2. The van der Waals surface area contributed by atoms with Crippen LogP contribution in [0.25, 0.3) is 11.1 Å². The van der Waals surface area contributed by atoms with Crippen molar-refractivity contribution in [3.8, 4) is 5.75 Å². The van der Waals surface area contributed by atoms with Crippen LogP contribution in [0.15, 0.2) is 41.1 Å². The summed E-state index contributed by atoms with van der Waals surface area (Å²) in [5.74, 6) is -1.52. The molecule has 0 aliphatic rings. The third kappa shape index (κ3) is 5.65. The van der Waals surface area contributed by atoms with Crippen LogP contribution in [-0.2, 0) is 16.0 Å². The molecule has 2 heterocycles. The maximum atomic E-state index is 12.3. The molecule has 2 amide bonds. The zero-order chi connectivity index (χ0) is 22.6. The highest BCUT2D eigenvalue weighted by molar-refractivity contribution is 6.05. The predicted octanol–water partition coefficient (Wildman–Crippen LogP) is 2.93. The van der Waals surface area contributed by atoms with Gasteiger partial charge in [-0.1, -0.05) is 25.9 Å². The van der Waals surface area contributed by atoms with Gasteiger partial charge in [-0.15, -0.1) is 0 Å². The summed E-state index contributed by atoms with van der Waals surface area (Å²) in [5, 5.41) is 6.81. The molecule has 0 atom stereocenters. The first-order valence-corrected chi connectivity index (χ1v) is 9.56. The predicted molar refractivity (Wildman–Crippen MR) is 111 cm³/mol. The number of hydrogen-bond donors (Lipinski definition) is 1. The van der Waals surface area contributed by atoms with Crippen molar-refractivity contribution < 1.29 is 28.4 Å². The van der Waals surface area contributed by atoms with E-state index in [1.165, 1.54) is 25.4 Å². The Morgan fingerprint density at radius 2 is 1.81 bits per heavy atom. The van der Waals surface area contributed by atoms with E-state index in [4.69, 9.17) is 14.0 Å². The first kappa shape index (κ1) is 21.9. The van der Waals surface area contributed by atoms with Crippen molar-refractivity contribution in [1.82, 2.24) is 15.5 Å². The lowest BCUT2D eigenvalue weighted by Gasteiger charge is -2.15. The number of nitrogens with zero attached hydrogens (tertiary/aromatic N) is 2. The van der Waals surface area contributed by atoms with Crippen LogP contribution in [0.5, 0.6) is 5.75 Å². The summed E-state index contributed by atoms with van der Waals surface area (Å²) in [4.78, 5) is 40.5. The van der Waals surface area contributed by atoms with E-state index in [0.29, 0.717) is 29.0 Å². The average Bonchev–Trinajstić information content (AvgIpc) is 3.12. The molecule has 0 aliphatic heterocycles. The molecule has 3 aromatic rings. The van der Waals surface area contributed by atoms with Crippen LogP contribution in [-0.4, -0.2) is 41.6 Å². The molecule has 0 spiro atoms. The third-order valence-corrected chi connectivity index (χ3v) is 4.28. The van der Waals surface area contributed by atoms with E-state index < -0.39 is 24.4 Å². The molecule has 31 heavy (non-hydrogen) atoms. The van der Waals surface area contributed by atoms with E-state index in [1.54, 1.807) is 18.2 Å². The molecule has 9 nitrogen and oxygen atoms in total. The zero-order valence-electron chi connectivity index (χ0n) is 17.7. The molecule has 0 fully saturated rings. The van der Waals surface area contributed by atoms with Gasteiger partial charge in [0.2, 0.25) is 0 Å². The lowest BCUT2D eigenvalue weighted by atomic mass is 9.90. The fourth-order valence-corrected chi connectivity index (χ4v) is 2.81. The molecule has 0 saturated carbocycles. The molecule has 2 aromatic heterocycles. The Bertz CT molecular complexity index is 1110. The second-order valence-corrected chi connectivity index (χ2v) is 8.13. The second kappa shape index (κ2) is 8.95. The maximum Gasteiger partial charge on any atom is 0.340 e. The number of fused-ring (bicyclic) bond motifs is 1. The minimum absolute atomic E-state index is 0.0329.